The van der Waals surface area contributed by atoms with E-state index in [9.17, 15) is 14.7 Å². The van der Waals surface area contributed by atoms with Gasteiger partial charge in [-0.3, -0.25) is 9.59 Å². The second-order valence-electron chi connectivity index (χ2n) is 7.06. The molecule has 1 aliphatic rings. The predicted molar refractivity (Wildman–Crippen MR) is 119 cm³/mol. The van der Waals surface area contributed by atoms with Crippen molar-refractivity contribution in [3.8, 4) is 17.2 Å². The number of amides is 2. The van der Waals surface area contributed by atoms with Gasteiger partial charge in [0.15, 0.2) is 11.5 Å². The average molecular weight is 493 g/mol. The number of halogens is 1. The highest BCUT2D eigenvalue weighted by atomic mass is 79.9. The Hall–Kier alpha value is -2.78. The number of nitrogens with one attached hydrogen (secondary N) is 1. The maximum absolute atomic E-state index is 12.5. The van der Waals surface area contributed by atoms with Gasteiger partial charge in [0.05, 0.1) is 25.8 Å². The number of rotatable bonds is 9. The fourth-order valence-electron chi connectivity index (χ4n) is 3.35. The van der Waals surface area contributed by atoms with E-state index >= 15 is 0 Å². The Kier molecular flexibility index (Phi) is 7.75. The highest BCUT2D eigenvalue weighted by Crippen LogP contribution is 2.36. The van der Waals surface area contributed by atoms with Crippen molar-refractivity contribution in [1.29, 1.82) is 0 Å². The molecule has 1 fully saturated rings. The number of aliphatic hydroxyl groups is 1. The first kappa shape index (κ1) is 22.9. The summed E-state index contributed by atoms with van der Waals surface area (Å²) >= 11 is 3.44. The molecule has 1 heterocycles. The molecule has 166 valence electrons. The molecule has 0 aliphatic carbocycles. The van der Waals surface area contributed by atoms with Crippen LogP contribution in [-0.4, -0.2) is 56.9 Å². The molecule has 1 saturated heterocycles. The third-order valence-corrected chi connectivity index (χ3v) is 5.62. The maximum Gasteiger partial charge on any atom is 0.227 e. The van der Waals surface area contributed by atoms with Gasteiger partial charge in [-0.15, -0.1) is 0 Å². The summed E-state index contributed by atoms with van der Waals surface area (Å²) in [5.74, 6) is 0.459. The SMILES string of the molecule is COc1cccc(OC)c1OCC(O)CNC(=O)C1CC(=O)N(c2ccccc2Br)C1. The lowest BCUT2D eigenvalue weighted by Gasteiger charge is -2.19. The standard InChI is InChI=1S/C22H25BrN2O6/c1-29-18-8-5-9-19(30-2)21(18)31-13-15(26)11-24-22(28)14-10-20(27)25(12-14)17-7-4-3-6-16(17)23/h3-9,14-15,26H,10-13H2,1-2H3,(H,24,28). The van der Waals surface area contributed by atoms with Gasteiger partial charge < -0.3 is 29.5 Å². The molecule has 31 heavy (non-hydrogen) atoms. The number of para-hydroxylation sites is 2. The van der Waals surface area contributed by atoms with Crippen LogP contribution in [0.4, 0.5) is 5.69 Å². The summed E-state index contributed by atoms with van der Waals surface area (Å²) in [5.41, 5.74) is 0.738. The zero-order chi connectivity index (χ0) is 22.4. The Morgan fingerprint density at radius 1 is 1.19 bits per heavy atom. The molecule has 9 heteroatoms. The van der Waals surface area contributed by atoms with Gasteiger partial charge in [-0.25, -0.2) is 0 Å². The molecule has 2 amide bonds. The Morgan fingerprint density at radius 2 is 1.87 bits per heavy atom. The number of anilines is 1. The van der Waals surface area contributed by atoms with Gasteiger partial charge in [0.2, 0.25) is 17.6 Å². The fourth-order valence-corrected chi connectivity index (χ4v) is 3.85. The van der Waals surface area contributed by atoms with Gasteiger partial charge in [0.1, 0.15) is 12.7 Å². The number of carbonyl (C=O) groups excluding carboxylic acids is 2. The smallest absolute Gasteiger partial charge is 0.227 e. The average Bonchev–Trinajstić information content (AvgIpc) is 3.17. The van der Waals surface area contributed by atoms with Crippen molar-refractivity contribution in [2.75, 3.05) is 38.8 Å². The van der Waals surface area contributed by atoms with Crippen molar-refractivity contribution in [3.05, 3.63) is 46.9 Å². The van der Waals surface area contributed by atoms with Crippen molar-refractivity contribution in [3.63, 3.8) is 0 Å². The molecule has 2 atom stereocenters. The summed E-state index contributed by atoms with van der Waals surface area (Å²) in [7, 11) is 3.02. The van der Waals surface area contributed by atoms with Crippen LogP contribution in [0.2, 0.25) is 0 Å². The van der Waals surface area contributed by atoms with Crippen molar-refractivity contribution >= 4 is 33.4 Å². The second-order valence-corrected chi connectivity index (χ2v) is 7.91. The first-order chi connectivity index (χ1) is 14.9. The van der Waals surface area contributed by atoms with Crippen LogP contribution in [0, 0.1) is 5.92 Å². The van der Waals surface area contributed by atoms with E-state index < -0.39 is 12.0 Å². The van der Waals surface area contributed by atoms with Crippen molar-refractivity contribution in [2.24, 2.45) is 5.92 Å². The molecule has 2 aromatic carbocycles. The molecule has 0 radical (unpaired) electrons. The van der Waals surface area contributed by atoms with Crippen LogP contribution in [0.1, 0.15) is 6.42 Å². The molecular weight excluding hydrogens is 468 g/mol. The normalized spacial score (nSPS) is 16.7. The molecule has 2 unspecified atom stereocenters. The van der Waals surface area contributed by atoms with Crippen LogP contribution in [-0.2, 0) is 9.59 Å². The first-order valence-corrected chi connectivity index (χ1v) is 10.6. The van der Waals surface area contributed by atoms with Gasteiger partial charge in [0.25, 0.3) is 0 Å². The van der Waals surface area contributed by atoms with E-state index in [1.807, 2.05) is 24.3 Å². The Morgan fingerprint density at radius 3 is 2.52 bits per heavy atom. The minimum Gasteiger partial charge on any atom is -0.493 e. The number of carbonyl (C=O) groups is 2. The fraction of sp³-hybridized carbons (Fsp3) is 0.364. The minimum absolute atomic E-state index is 0.00395. The molecule has 0 saturated carbocycles. The first-order valence-electron chi connectivity index (χ1n) is 9.79. The van der Waals surface area contributed by atoms with E-state index in [-0.39, 0.29) is 37.9 Å². The monoisotopic (exact) mass is 492 g/mol. The molecule has 2 aromatic rings. The zero-order valence-electron chi connectivity index (χ0n) is 17.3. The minimum atomic E-state index is -0.949. The van der Waals surface area contributed by atoms with Gasteiger partial charge in [-0.1, -0.05) is 18.2 Å². The molecule has 2 N–H and O–H groups in total. The summed E-state index contributed by atoms with van der Waals surface area (Å²) < 4.78 is 17.0. The number of hydrogen-bond acceptors (Lipinski definition) is 6. The van der Waals surface area contributed by atoms with E-state index in [2.05, 4.69) is 21.2 Å². The Balaban J connectivity index is 1.51. The van der Waals surface area contributed by atoms with E-state index in [1.54, 1.807) is 23.1 Å². The van der Waals surface area contributed by atoms with Crippen LogP contribution in [0.15, 0.2) is 46.9 Å². The largest absolute Gasteiger partial charge is 0.493 e. The third kappa shape index (κ3) is 5.48. The van der Waals surface area contributed by atoms with Crippen molar-refractivity contribution < 1.29 is 28.9 Å². The van der Waals surface area contributed by atoms with E-state index in [0.717, 1.165) is 10.2 Å². The Labute approximate surface area is 189 Å². The summed E-state index contributed by atoms with van der Waals surface area (Å²) in [4.78, 5) is 26.5. The van der Waals surface area contributed by atoms with Crippen LogP contribution in [0.25, 0.3) is 0 Å². The topological polar surface area (TPSA) is 97.3 Å². The van der Waals surface area contributed by atoms with Crippen LogP contribution in [0.3, 0.4) is 0 Å². The number of ether oxygens (including phenoxy) is 3. The quantitative estimate of drug-likeness (QED) is 0.557. The van der Waals surface area contributed by atoms with E-state index in [1.165, 1.54) is 14.2 Å². The van der Waals surface area contributed by atoms with E-state index in [0.29, 0.717) is 17.2 Å². The maximum atomic E-state index is 12.5. The van der Waals surface area contributed by atoms with Gasteiger partial charge in [0, 0.05) is 24.0 Å². The molecule has 0 spiro atoms. The lowest BCUT2D eigenvalue weighted by atomic mass is 10.1. The number of nitrogens with zero attached hydrogens (tertiary/aromatic N) is 1. The predicted octanol–water partition coefficient (Wildman–Crippen LogP) is 2.38. The van der Waals surface area contributed by atoms with Crippen LogP contribution < -0.4 is 24.4 Å². The molecule has 1 aliphatic heterocycles. The molecule has 0 bridgehead atoms. The van der Waals surface area contributed by atoms with Gasteiger partial charge in [-0.2, -0.15) is 0 Å². The highest BCUT2D eigenvalue weighted by Gasteiger charge is 2.35. The summed E-state index contributed by atoms with van der Waals surface area (Å²) in [6, 6.07) is 12.6. The van der Waals surface area contributed by atoms with Crippen molar-refractivity contribution in [1.82, 2.24) is 5.32 Å². The summed E-state index contributed by atoms with van der Waals surface area (Å²) in [6.45, 7) is 0.220. The van der Waals surface area contributed by atoms with Gasteiger partial charge >= 0.3 is 0 Å². The summed E-state index contributed by atoms with van der Waals surface area (Å²) in [5, 5.41) is 12.9. The number of benzene rings is 2. The number of aliphatic hydroxyl groups excluding tert-OH is 1. The molecule has 8 nitrogen and oxygen atoms in total. The number of methoxy groups -OCH3 is 2. The Bertz CT molecular complexity index is 916. The summed E-state index contributed by atoms with van der Waals surface area (Å²) in [6.07, 6.45) is -0.826. The number of hydrogen-bond donors (Lipinski definition) is 2. The lowest BCUT2D eigenvalue weighted by Crippen LogP contribution is -2.39. The molecular formula is C22H25BrN2O6. The van der Waals surface area contributed by atoms with E-state index in [4.69, 9.17) is 14.2 Å². The van der Waals surface area contributed by atoms with Crippen LogP contribution in [0.5, 0.6) is 17.2 Å². The van der Waals surface area contributed by atoms with Crippen molar-refractivity contribution in [2.45, 2.75) is 12.5 Å². The lowest BCUT2D eigenvalue weighted by molar-refractivity contribution is -0.126. The third-order valence-electron chi connectivity index (χ3n) is 4.95. The van der Waals surface area contributed by atoms with Gasteiger partial charge in [-0.05, 0) is 40.2 Å². The molecule has 3 rings (SSSR count). The molecule has 0 aromatic heterocycles. The van der Waals surface area contributed by atoms with Crippen LogP contribution >= 0.6 is 15.9 Å². The second kappa shape index (κ2) is 10.5. The zero-order valence-corrected chi connectivity index (χ0v) is 18.9. The highest BCUT2D eigenvalue weighted by molar-refractivity contribution is 9.10.